The maximum atomic E-state index is 10.9. The van der Waals surface area contributed by atoms with Gasteiger partial charge in [0.2, 0.25) is 5.71 Å². The quantitative estimate of drug-likeness (QED) is 0.491. The number of carbonyl (C=O) groups is 1. The van der Waals surface area contributed by atoms with Crippen molar-refractivity contribution >= 4 is 51.4 Å². The van der Waals surface area contributed by atoms with Crippen molar-refractivity contribution in [2.24, 2.45) is 5.16 Å². The Morgan fingerprint density at radius 3 is 2.88 bits per heavy atom. The SMILES string of the molecule is Nc1nc(/C(=N/OCC=C(Cl)Cl)C(=O)O)cs1. The van der Waals surface area contributed by atoms with E-state index in [0.29, 0.717) is 0 Å². The molecule has 92 valence electrons. The van der Waals surface area contributed by atoms with E-state index in [2.05, 4.69) is 10.1 Å². The molecule has 0 spiro atoms. The van der Waals surface area contributed by atoms with E-state index in [4.69, 9.17) is 38.9 Å². The fourth-order valence-electron chi connectivity index (χ4n) is 0.794. The van der Waals surface area contributed by atoms with Crippen molar-refractivity contribution in [1.29, 1.82) is 0 Å². The highest BCUT2D eigenvalue weighted by molar-refractivity contribution is 7.13. The molecule has 0 bridgehead atoms. The predicted octanol–water partition coefficient (Wildman–Crippen LogP) is 1.85. The van der Waals surface area contributed by atoms with Crippen molar-refractivity contribution in [2.45, 2.75) is 0 Å². The lowest BCUT2D eigenvalue weighted by Crippen LogP contribution is -2.15. The first kappa shape index (κ1) is 13.8. The third-order valence-corrected chi connectivity index (χ3v) is 2.42. The van der Waals surface area contributed by atoms with Gasteiger partial charge in [-0.2, -0.15) is 0 Å². The first-order valence-corrected chi connectivity index (χ1v) is 5.80. The molecule has 0 amide bonds. The number of halogens is 2. The van der Waals surface area contributed by atoms with Crippen molar-refractivity contribution in [3.05, 3.63) is 21.6 Å². The van der Waals surface area contributed by atoms with Crippen LogP contribution in [0.1, 0.15) is 5.69 Å². The Bertz CT molecular complexity index is 468. The van der Waals surface area contributed by atoms with Crippen LogP contribution in [0.4, 0.5) is 5.13 Å². The third kappa shape index (κ3) is 4.59. The third-order valence-electron chi connectivity index (χ3n) is 1.44. The zero-order valence-electron chi connectivity index (χ0n) is 8.26. The molecule has 0 aliphatic heterocycles. The number of nitrogens with two attached hydrogens (primary N) is 1. The minimum absolute atomic E-state index is 0.00924. The zero-order valence-corrected chi connectivity index (χ0v) is 10.6. The molecular weight excluding hydrogens is 289 g/mol. The standard InChI is InChI=1S/C8H7Cl2N3O3S/c9-5(10)1-2-16-13-6(7(14)15)4-3-17-8(11)12-4/h1,3H,2H2,(H2,11,12)(H,14,15)/b13-6-. The maximum Gasteiger partial charge on any atom is 0.360 e. The molecule has 9 heteroatoms. The average molecular weight is 296 g/mol. The van der Waals surface area contributed by atoms with E-state index in [1.165, 1.54) is 11.5 Å². The fraction of sp³-hybridized carbons (Fsp3) is 0.125. The number of hydrogen-bond acceptors (Lipinski definition) is 6. The summed E-state index contributed by atoms with van der Waals surface area (Å²) in [6, 6.07) is 0. The Morgan fingerprint density at radius 1 is 1.71 bits per heavy atom. The number of aliphatic carboxylic acids is 1. The zero-order chi connectivity index (χ0) is 12.8. The van der Waals surface area contributed by atoms with E-state index in [1.54, 1.807) is 0 Å². The Hall–Kier alpha value is -1.31. The molecule has 0 unspecified atom stereocenters. The number of aromatic nitrogens is 1. The van der Waals surface area contributed by atoms with Crippen LogP contribution < -0.4 is 5.73 Å². The molecule has 1 heterocycles. The summed E-state index contributed by atoms with van der Waals surface area (Å²) in [5.41, 5.74) is 5.19. The van der Waals surface area contributed by atoms with Crippen molar-refractivity contribution < 1.29 is 14.7 Å². The highest BCUT2D eigenvalue weighted by Crippen LogP contribution is 2.12. The number of thiazole rings is 1. The van der Waals surface area contributed by atoms with Gasteiger partial charge in [0.15, 0.2) is 5.13 Å². The number of rotatable bonds is 5. The van der Waals surface area contributed by atoms with Crippen LogP contribution in [0.2, 0.25) is 0 Å². The van der Waals surface area contributed by atoms with Crippen LogP contribution in [0, 0.1) is 0 Å². The second kappa shape index (κ2) is 6.43. The van der Waals surface area contributed by atoms with Gasteiger partial charge >= 0.3 is 5.97 Å². The van der Waals surface area contributed by atoms with Crippen LogP contribution in [0.5, 0.6) is 0 Å². The molecule has 6 nitrogen and oxygen atoms in total. The molecule has 0 saturated heterocycles. The number of anilines is 1. The summed E-state index contributed by atoms with van der Waals surface area (Å²) in [5, 5.41) is 14.0. The highest BCUT2D eigenvalue weighted by atomic mass is 35.5. The van der Waals surface area contributed by atoms with Gasteiger partial charge < -0.3 is 15.7 Å². The Labute approximate surface area is 110 Å². The minimum atomic E-state index is -1.27. The van der Waals surface area contributed by atoms with Crippen LogP contribution in [-0.4, -0.2) is 28.4 Å². The summed E-state index contributed by atoms with van der Waals surface area (Å²) in [6.45, 7) is -0.0429. The summed E-state index contributed by atoms with van der Waals surface area (Å²) in [5.74, 6) is -1.27. The number of nitrogens with zero attached hydrogens (tertiary/aromatic N) is 2. The second-order valence-electron chi connectivity index (χ2n) is 2.61. The minimum Gasteiger partial charge on any atom is -0.476 e. The van der Waals surface area contributed by atoms with Gasteiger partial charge in [0.05, 0.1) is 0 Å². The smallest absolute Gasteiger partial charge is 0.360 e. The molecule has 0 aliphatic carbocycles. The number of hydrogen-bond donors (Lipinski definition) is 2. The van der Waals surface area contributed by atoms with Crippen molar-refractivity contribution in [2.75, 3.05) is 12.3 Å². The van der Waals surface area contributed by atoms with E-state index in [-0.39, 0.29) is 27.6 Å². The largest absolute Gasteiger partial charge is 0.476 e. The summed E-state index contributed by atoms with van der Waals surface area (Å²) < 4.78 is 0.00924. The topological polar surface area (TPSA) is 97.8 Å². The van der Waals surface area contributed by atoms with Gasteiger partial charge in [-0.1, -0.05) is 28.4 Å². The first-order chi connectivity index (χ1) is 8.00. The van der Waals surface area contributed by atoms with Gasteiger partial charge in [-0.3, -0.25) is 0 Å². The Balaban J connectivity index is 2.76. The van der Waals surface area contributed by atoms with Crippen molar-refractivity contribution in [1.82, 2.24) is 4.98 Å². The van der Waals surface area contributed by atoms with Crippen LogP contribution in [0.3, 0.4) is 0 Å². The molecule has 0 aromatic carbocycles. The van der Waals surface area contributed by atoms with E-state index in [0.717, 1.165) is 11.3 Å². The Morgan fingerprint density at radius 2 is 2.41 bits per heavy atom. The van der Waals surface area contributed by atoms with E-state index >= 15 is 0 Å². The lowest BCUT2D eigenvalue weighted by atomic mass is 10.3. The summed E-state index contributed by atoms with van der Waals surface area (Å²) in [7, 11) is 0. The van der Waals surface area contributed by atoms with E-state index in [9.17, 15) is 4.79 Å². The lowest BCUT2D eigenvalue weighted by Gasteiger charge is -1.97. The van der Waals surface area contributed by atoms with Crippen LogP contribution in [-0.2, 0) is 9.63 Å². The molecule has 1 aromatic heterocycles. The number of carboxylic acid groups (broad SMARTS) is 1. The fourth-order valence-corrected chi connectivity index (χ4v) is 1.47. The lowest BCUT2D eigenvalue weighted by molar-refractivity contribution is -0.129. The van der Waals surface area contributed by atoms with E-state index in [1.807, 2.05) is 0 Å². The van der Waals surface area contributed by atoms with Gasteiger partial charge in [0, 0.05) is 5.38 Å². The van der Waals surface area contributed by atoms with Crippen LogP contribution >= 0.6 is 34.5 Å². The second-order valence-corrected chi connectivity index (χ2v) is 4.50. The normalized spacial score (nSPS) is 11.1. The van der Waals surface area contributed by atoms with Gasteiger partial charge in [0.25, 0.3) is 0 Å². The van der Waals surface area contributed by atoms with Crippen molar-refractivity contribution in [3.63, 3.8) is 0 Å². The van der Waals surface area contributed by atoms with Gasteiger partial charge in [-0.15, -0.1) is 11.3 Å². The molecule has 17 heavy (non-hydrogen) atoms. The number of oxime groups is 1. The van der Waals surface area contributed by atoms with Crippen LogP contribution in [0.25, 0.3) is 0 Å². The average Bonchev–Trinajstić information content (AvgIpc) is 2.63. The highest BCUT2D eigenvalue weighted by Gasteiger charge is 2.16. The predicted molar refractivity (Wildman–Crippen MR) is 66.4 cm³/mol. The molecule has 1 aromatic rings. The Kier molecular flexibility index (Phi) is 5.20. The molecule has 0 fully saturated rings. The molecule has 0 atom stereocenters. The van der Waals surface area contributed by atoms with Crippen LogP contribution in [0.15, 0.2) is 21.1 Å². The van der Waals surface area contributed by atoms with Crippen molar-refractivity contribution in [3.8, 4) is 0 Å². The molecule has 0 saturated carbocycles. The molecule has 0 aliphatic rings. The summed E-state index contributed by atoms with van der Waals surface area (Å²) >= 11 is 11.8. The molecule has 0 radical (unpaired) electrons. The summed E-state index contributed by atoms with van der Waals surface area (Å²) in [6.07, 6.45) is 1.32. The molecule has 3 N–H and O–H groups in total. The van der Waals surface area contributed by atoms with E-state index < -0.39 is 5.97 Å². The maximum absolute atomic E-state index is 10.9. The number of nitrogen functional groups attached to an aromatic ring is 1. The molecular formula is C8H7Cl2N3O3S. The van der Waals surface area contributed by atoms with Gasteiger partial charge in [0.1, 0.15) is 16.8 Å². The summed E-state index contributed by atoms with van der Waals surface area (Å²) in [4.78, 5) is 19.4. The van der Waals surface area contributed by atoms with Gasteiger partial charge in [-0.05, 0) is 6.08 Å². The van der Waals surface area contributed by atoms with Gasteiger partial charge in [-0.25, -0.2) is 9.78 Å². The molecule has 1 rings (SSSR count). The first-order valence-electron chi connectivity index (χ1n) is 4.16. The monoisotopic (exact) mass is 295 g/mol. The number of carboxylic acids is 1.